The molecule has 31 heavy (non-hydrogen) atoms. The van der Waals surface area contributed by atoms with Crippen LogP contribution in [0.2, 0.25) is 0 Å². The molecule has 4 aromatic rings. The quantitative estimate of drug-likeness (QED) is 0.436. The summed E-state index contributed by atoms with van der Waals surface area (Å²) in [6, 6.07) is 10.4. The predicted octanol–water partition coefficient (Wildman–Crippen LogP) is 4.12. The van der Waals surface area contributed by atoms with Crippen LogP contribution in [0.3, 0.4) is 0 Å². The zero-order valence-corrected chi connectivity index (χ0v) is 17.2. The predicted molar refractivity (Wildman–Crippen MR) is 113 cm³/mol. The van der Waals surface area contributed by atoms with Crippen molar-refractivity contribution in [3.05, 3.63) is 60.4 Å². The standard InChI is InChI=1S/C22H21N3O6/c1-27-18-9-13(10-19(28-2)20(18)29-3)24-21-15-6-8-31-17(15)11-16(25-21)22(26)23-12-14-5-4-7-30-14/h4-11H,12H2,1-3H3,(H,23,26)(H,24,25). The first-order valence-corrected chi connectivity index (χ1v) is 9.38. The summed E-state index contributed by atoms with van der Waals surface area (Å²) < 4.78 is 26.9. The second kappa shape index (κ2) is 8.70. The smallest absolute Gasteiger partial charge is 0.270 e. The lowest BCUT2D eigenvalue weighted by Crippen LogP contribution is -2.23. The molecular formula is C22H21N3O6. The van der Waals surface area contributed by atoms with Crippen LogP contribution in [-0.2, 0) is 6.54 Å². The molecule has 0 aliphatic heterocycles. The van der Waals surface area contributed by atoms with E-state index in [2.05, 4.69) is 15.6 Å². The summed E-state index contributed by atoms with van der Waals surface area (Å²) in [4.78, 5) is 17.1. The first kappa shape index (κ1) is 20.1. The van der Waals surface area contributed by atoms with Crippen LogP contribution in [0.25, 0.3) is 11.0 Å². The van der Waals surface area contributed by atoms with Crippen LogP contribution in [0.1, 0.15) is 16.2 Å². The molecule has 1 aromatic carbocycles. The number of ether oxygens (including phenoxy) is 3. The third-order valence-corrected chi connectivity index (χ3v) is 4.61. The first-order valence-electron chi connectivity index (χ1n) is 9.38. The van der Waals surface area contributed by atoms with E-state index in [0.29, 0.717) is 40.1 Å². The summed E-state index contributed by atoms with van der Waals surface area (Å²) >= 11 is 0. The molecule has 9 nitrogen and oxygen atoms in total. The van der Waals surface area contributed by atoms with Gasteiger partial charge in [-0.1, -0.05) is 0 Å². The maximum Gasteiger partial charge on any atom is 0.270 e. The van der Waals surface area contributed by atoms with Gasteiger partial charge in [0.2, 0.25) is 5.75 Å². The minimum Gasteiger partial charge on any atom is -0.493 e. The number of rotatable bonds is 8. The van der Waals surface area contributed by atoms with Crippen molar-refractivity contribution in [1.82, 2.24) is 10.3 Å². The third-order valence-electron chi connectivity index (χ3n) is 4.61. The molecule has 2 N–H and O–H groups in total. The fraction of sp³-hybridized carbons (Fsp3) is 0.182. The Morgan fingerprint density at radius 1 is 1.00 bits per heavy atom. The molecule has 0 atom stereocenters. The highest BCUT2D eigenvalue weighted by Gasteiger charge is 2.17. The molecule has 9 heteroatoms. The van der Waals surface area contributed by atoms with Gasteiger partial charge in [0.15, 0.2) is 11.5 Å². The fourth-order valence-electron chi connectivity index (χ4n) is 3.14. The molecule has 0 radical (unpaired) electrons. The van der Waals surface area contributed by atoms with E-state index in [1.165, 1.54) is 27.6 Å². The van der Waals surface area contributed by atoms with Gasteiger partial charge in [-0.3, -0.25) is 4.79 Å². The van der Waals surface area contributed by atoms with Gasteiger partial charge in [0.05, 0.1) is 45.8 Å². The highest BCUT2D eigenvalue weighted by molar-refractivity contribution is 5.99. The zero-order chi connectivity index (χ0) is 21.8. The van der Waals surface area contributed by atoms with Crippen LogP contribution in [0.5, 0.6) is 17.2 Å². The monoisotopic (exact) mass is 423 g/mol. The van der Waals surface area contributed by atoms with Crippen LogP contribution in [0.15, 0.2) is 57.8 Å². The number of carbonyl (C=O) groups is 1. The maximum absolute atomic E-state index is 12.7. The lowest BCUT2D eigenvalue weighted by atomic mass is 10.2. The number of carbonyl (C=O) groups excluding carboxylic acids is 1. The van der Waals surface area contributed by atoms with E-state index in [1.807, 2.05) is 0 Å². The lowest BCUT2D eigenvalue weighted by Gasteiger charge is -2.15. The maximum atomic E-state index is 12.7. The topological polar surface area (TPSA) is 108 Å². The van der Waals surface area contributed by atoms with Crippen molar-refractivity contribution < 1.29 is 27.8 Å². The van der Waals surface area contributed by atoms with E-state index >= 15 is 0 Å². The molecule has 3 aromatic heterocycles. The summed E-state index contributed by atoms with van der Waals surface area (Å²) in [6.45, 7) is 0.249. The number of hydrogen-bond donors (Lipinski definition) is 2. The number of aromatic nitrogens is 1. The zero-order valence-electron chi connectivity index (χ0n) is 17.2. The van der Waals surface area contributed by atoms with Gasteiger partial charge < -0.3 is 33.7 Å². The third kappa shape index (κ3) is 4.11. The van der Waals surface area contributed by atoms with Crippen molar-refractivity contribution >= 4 is 28.4 Å². The van der Waals surface area contributed by atoms with Crippen LogP contribution >= 0.6 is 0 Å². The molecule has 0 saturated heterocycles. The van der Waals surface area contributed by atoms with Gasteiger partial charge in [0.1, 0.15) is 22.9 Å². The average molecular weight is 423 g/mol. The minimum absolute atomic E-state index is 0.198. The Morgan fingerprint density at radius 3 is 2.42 bits per heavy atom. The Balaban J connectivity index is 1.66. The molecular weight excluding hydrogens is 402 g/mol. The average Bonchev–Trinajstić information content (AvgIpc) is 3.48. The SMILES string of the molecule is COc1cc(Nc2nc(C(=O)NCc3ccco3)cc3occc23)cc(OC)c1OC. The molecule has 0 bridgehead atoms. The Morgan fingerprint density at radius 2 is 1.77 bits per heavy atom. The number of nitrogens with zero attached hydrogens (tertiary/aromatic N) is 1. The Labute approximate surface area is 177 Å². The molecule has 0 unspecified atom stereocenters. The van der Waals surface area contributed by atoms with E-state index < -0.39 is 0 Å². The number of hydrogen-bond acceptors (Lipinski definition) is 8. The first-order chi connectivity index (χ1) is 15.1. The molecule has 3 heterocycles. The van der Waals surface area contributed by atoms with Crippen molar-refractivity contribution in [3.8, 4) is 17.2 Å². The van der Waals surface area contributed by atoms with Crippen molar-refractivity contribution in [3.63, 3.8) is 0 Å². The number of methoxy groups -OCH3 is 3. The van der Waals surface area contributed by atoms with E-state index in [-0.39, 0.29) is 18.1 Å². The van der Waals surface area contributed by atoms with Gasteiger partial charge >= 0.3 is 0 Å². The van der Waals surface area contributed by atoms with Gasteiger partial charge in [0.25, 0.3) is 5.91 Å². The highest BCUT2D eigenvalue weighted by atomic mass is 16.5. The summed E-state index contributed by atoms with van der Waals surface area (Å²) in [5.41, 5.74) is 1.36. The lowest BCUT2D eigenvalue weighted by molar-refractivity contribution is 0.0943. The van der Waals surface area contributed by atoms with Crippen LogP contribution in [-0.4, -0.2) is 32.2 Å². The summed E-state index contributed by atoms with van der Waals surface area (Å²) in [5.74, 6) is 2.18. The number of furan rings is 2. The minimum atomic E-state index is -0.359. The Hall–Kier alpha value is -4.14. The van der Waals surface area contributed by atoms with Gasteiger partial charge in [-0.15, -0.1) is 0 Å². The number of pyridine rings is 1. The molecule has 160 valence electrons. The van der Waals surface area contributed by atoms with Crippen LogP contribution < -0.4 is 24.8 Å². The Bertz CT molecular complexity index is 1170. The number of anilines is 2. The van der Waals surface area contributed by atoms with Gasteiger partial charge in [-0.2, -0.15) is 0 Å². The van der Waals surface area contributed by atoms with E-state index in [0.717, 1.165) is 5.39 Å². The second-order valence-corrected chi connectivity index (χ2v) is 6.49. The molecule has 0 aliphatic rings. The molecule has 0 spiro atoms. The molecule has 4 rings (SSSR count). The second-order valence-electron chi connectivity index (χ2n) is 6.49. The largest absolute Gasteiger partial charge is 0.493 e. The highest BCUT2D eigenvalue weighted by Crippen LogP contribution is 2.41. The van der Waals surface area contributed by atoms with Crippen LogP contribution in [0, 0.1) is 0 Å². The van der Waals surface area contributed by atoms with Crippen molar-refractivity contribution in [2.24, 2.45) is 0 Å². The molecule has 0 fully saturated rings. The number of amides is 1. The molecule has 0 saturated carbocycles. The number of fused-ring (bicyclic) bond motifs is 1. The normalized spacial score (nSPS) is 10.7. The van der Waals surface area contributed by atoms with Crippen molar-refractivity contribution in [2.75, 3.05) is 26.6 Å². The fourth-order valence-corrected chi connectivity index (χ4v) is 3.14. The van der Waals surface area contributed by atoms with Crippen molar-refractivity contribution in [2.45, 2.75) is 6.54 Å². The summed E-state index contributed by atoms with van der Waals surface area (Å²) in [7, 11) is 4.62. The summed E-state index contributed by atoms with van der Waals surface area (Å²) in [5, 5.41) is 6.71. The van der Waals surface area contributed by atoms with E-state index in [9.17, 15) is 4.79 Å². The summed E-state index contributed by atoms with van der Waals surface area (Å²) in [6.07, 6.45) is 3.09. The van der Waals surface area contributed by atoms with Crippen LogP contribution in [0.4, 0.5) is 11.5 Å². The molecule has 1 amide bonds. The van der Waals surface area contributed by atoms with Gasteiger partial charge in [0, 0.05) is 23.9 Å². The molecule has 0 aliphatic carbocycles. The number of benzene rings is 1. The Kier molecular flexibility index (Phi) is 5.65. The van der Waals surface area contributed by atoms with Gasteiger partial charge in [-0.25, -0.2) is 4.98 Å². The van der Waals surface area contributed by atoms with Gasteiger partial charge in [-0.05, 0) is 18.2 Å². The number of nitrogens with one attached hydrogen (secondary N) is 2. The van der Waals surface area contributed by atoms with E-state index in [4.69, 9.17) is 23.0 Å². The van der Waals surface area contributed by atoms with E-state index in [1.54, 1.807) is 42.7 Å². The van der Waals surface area contributed by atoms with Crippen molar-refractivity contribution in [1.29, 1.82) is 0 Å².